The zero-order valence-corrected chi connectivity index (χ0v) is 14.7. The molecule has 1 saturated heterocycles. The van der Waals surface area contributed by atoms with Crippen LogP contribution in [0, 0.1) is 0 Å². The third-order valence-electron chi connectivity index (χ3n) is 4.94. The van der Waals surface area contributed by atoms with E-state index in [-0.39, 0.29) is 12.7 Å². The molecule has 2 heterocycles. The molecule has 1 aromatic carbocycles. The number of likely N-dealkylation sites (tertiary alicyclic amines) is 1. The Bertz CT molecular complexity index is 619. The average Bonchev–Trinajstić information content (AvgIpc) is 3.06. The monoisotopic (exact) mass is 330 g/mol. The van der Waals surface area contributed by atoms with Crippen molar-refractivity contribution in [2.75, 3.05) is 26.9 Å². The van der Waals surface area contributed by atoms with Crippen molar-refractivity contribution in [1.29, 1.82) is 0 Å². The van der Waals surface area contributed by atoms with Crippen molar-refractivity contribution in [3.8, 4) is 11.5 Å². The van der Waals surface area contributed by atoms with Crippen molar-refractivity contribution in [2.45, 2.75) is 38.8 Å². The van der Waals surface area contributed by atoms with Crippen molar-refractivity contribution in [1.82, 2.24) is 9.80 Å². The van der Waals surface area contributed by atoms with Gasteiger partial charge < -0.3 is 19.3 Å². The molecule has 0 saturated carbocycles. The second kappa shape index (κ2) is 7.26. The van der Waals surface area contributed by atoms with E-state index in [1.807, 2.05) is 36.2 Å². The van der Waals surface area contributed by atoms with Gasteiger partial charge in [0.15, 0.2) is 11.5 Å². The molecule has 2 aliphatic heterocycles. The minimum Gasteiger partial charge on any atom is -0.454 e. The lowest BCUT2D eigenvalue weighted by molar-refractivity contribution is -0.127. The van der Waals surface area contributed by atoms with Crippen LogP contribution in [0.25, 0.3) is 6.08 Å². The fourth-order valence-corrected chi connectivity index (χ4v) is 3.27. The molecule has 1 amide bonds. The maximum atomic E-state index is 12.4. The quantitative estimate of drug-likeness (QED) is 0.796. The van der Waals surface area contributed by atoms with Gasteiger partial charge in [0.05, 0.1) is 0 Å². The Balaban J connectivity index is 1.56. The molecule has 5 nitrogen and oxygen atoms in total. The highest BCUT2D eigenvalue weighted by Gasteiger charge is 2.25. The van der Waals surface area contributed by atoms with Gasteiger partial charge in [0.25, 0.3) is 0 Å². The third kappa shape index (κ3) is 3.73. The number of benzene rings is 1. The number of ether oxygens (including phenoxy) is 2. The van der Waals surface area contributed by atoms with E-state index < -0.39 is 0 Å². The Hall–Kier alpha value is -2.01. The molecule has 130 valence electrons. The molecule has 1 aromatic rings. The number of likely N-dealkylation sites (N-methyl/N-ethyl adjacent to an activating group) is 1. The van der Waals surface area contributed by atoms with Gasteiger partial charge in [-0.25, -0.2) is 0 Å². The number of rotatable bonds is 4. The van der Waals surface area contributed by atoms with E-state index in [9.17, 15) is 4.79 Å². The first kappa shape index (κ1) is 16.8. The molecule has 0 bridgehead atoms. The van der Waals surface area contributed by atoms with Crippen molar-refractivity contribution in [3.05, 3.63) is 29.8 Å². The summed E-state index contributed by atoms with van der Waals surface area (Å²) in [7, 11) is 1.90. The third-order valence-corrected chi connectivity index (χ3v) is 4.94. The zero-order valence-electron chi connectivity index (χ0n) is 14.7. The summed E-state index contributed by atoms with van der Waals surface area (Å²) in [5, 5.41) is 0. The lowest BCUT2D eigenvalue weighted by Crippen LogP contribution is -2.47. The maximum absolute atomic E-state index is 12.4. The van der Waals surface area contributed by atoms with E-state index in [1.54, 1.807) is 6.08 Å². The van der Waals surface area contributed by atoms with Crippen LogP contribution >= 0.6 is 0 Å². The van der Waals surface area contributed by atoms with Crippen molar-refractivity contribution < 1.29 is 14.3 Å². The summed E-state index contributed by atoms with van der Waals surface area (Å²) in [6.07, 6.45) is 5.56. The molecule has 24 heavy (non-hydrogen) atoms. The highest BCUT2D eigenvalue weighted by Crippen LogP contribution is 2.32. The molecule has 1 fully saturated rings. The Morgan fingerprint density at radius 1 is 1.25 bits per heavy atom. The summed E-state index contributed by atoms with van der Waals surface area (Å²) in [6, 6.07) is 6.61. The highest BCUT2D eigenvalue weighted by atomic mass is 16.7. The number of piperidine rings is 1. The molecule has 0 N–H and O–H groups in total. The van der Waals surface area contributed by atoms with Crippen molar-refractivity contribution >= 4 is 12.0 Å². The van der Waals surface area contributed by atoms with E-state index in [0.717, 1.165) is 43.0 Å². The first-order valence-electron chi connectivity index (χ1n) is 8.63. The van der Waals surface area contributed by atoms with Gasteiger partial charge in [0.2, 0.25) is 12.7 Å². The number of nitrogens with zero attached hydrogens (tertiary/aromatic N) is 2. The first-order chi connectivity index (χ1) is 11.5. The molecule has 5 heteroatoms. The fourth-order valence-electron chi connectivity index (χ4n) is 3.27. The van der Waals surface area contributed by atoms with E-state index in [2.05, 4.69) is 18.7 Å². The van der Waals surface area contributed by atoms with Crippen LogP contribution in [0.15, 0.2) is 24.3 Å². The molecule has 0 unspecified atom stereocenters. The SMILES string of the molecule is CC(C)N1CCC(N(C)C(=O)/C=C/c2ccc3c(c2)OCO3)CC1. The van der Waals surface area contributed by atoms with Crippen LogP contribution in [-0.2, 0) is 4.79 Å². The smallest absolute Gasteiger partial charge is 0.246 e. The second-order valence-corrected chi connectivity index (χ2v) is 6.76. The van der Waals surface area contributed by atoms with Crippen LogP contribution < -0.4 is 9.47 Å². The maximum Gasteiger partial charge on any atom is 0.246 e. The van der Waals surface area contributed by atoms with Crippen LogP contribution in [0.5, 0.6) is 11.5 Å². The normalized spacial score (nSPS) is 18.5. The van der Waals surface area contributed by atoms with Gasteiger partial charge in [0, 0.05) is 38.3 Å². The van der Waals surface area contributed by atoms with Crippen LogP contribution in [0.1, 0.15) is 32.3 Å². The summed E-state index contributed by atoms with van der Waals surface area (Å²) in [4.78, 5) is 16.8. The zero-order chi connectivity index (χ0) is 17.1. The molecular formula is C19H26N2O3. The lowest BCUT2D eigenvalue weighted by atomic mass is 10.0. The summed E-state index contributed by atoms with van der Waals surface area (Å²) >= 11 is 0. The van der Waals surface area contributed by atoms with Gasteiger partial charge >= 0.3 is 0 Å². The Morgan fingerprint density at radius 3 is 2.67 bits per heavy atom. The van der Waals surface area contributed by atoms with E-state index in [1.165, 1.54) is 0 Å². The van der Waals surface area contributed by atoms with Gasteiger partial charge in [-0.2, -0.15) is 0 Å². The number of amides is 1. The largest absolute Gasteiger partial charge is 0.454 e. The minimum atomic E-state index is 0.0515. The predicted molar refractivity (Wildman–Crippen MR) is 94.1 cm³/mol. The number of hydrogen-bond acceptors (Lipinski definition) is 4. The summed E-state index contributed by atoms with van der Waals surface area (Å²) in [6.45, 7) is 6.84. The van der Waals surface area contributed by atoms with E-state index >= 15 is 0 Å². The van der Waals surface area contributed by atoms with E-state index in [4.69, 9.17) is 9.47 Å². The molecule has 0 atom stereocenters. The highest BCUT2D eigenvalue weighted by molar-refractivity contribution is 5.91. The molecule has 3 rings (SSSR count). The molecule has 0 aromatic heterocycles. The van der Waals surface area contributed by atoms with Gasteiger partial charge in [-0.1, -0.05) is 6.07 Å². The van der Waals surface area contributed by atoms with Gasteiger partial charge in [-0.05, 0) is 50.5 Å². The Kier molecular flexibility index (Phi) is 5.09. The Morgan fingerprint density at radius 2 is 1.96 bits per heavy atom. The van der Waals surface area contributed by atoms with Crippen molar-refractivity contribution in [2.24, 2.45) is 0 Å². The standard InChI is InChI=1S/C19H26N2O3/c1-14(2)21-10-8-16(9-11-21)20(3)19(22)7-5-15-4-6-17-18(12-15)24-13-23-17/h4-7,12,14,16H,8-11,13H2,1-3H3/b7-5+. The van der Waals surface area contributed by atoms with Crippen LogP contribution in [0.3, 0.4) is 0 Å². The number of carbonyl (C=O) groups excluding carboxylic acids is 1. The summed E-state index contributed by atoms with van der Waals surface area (Å²) in [5.41, 5.74) is 0.940. The minimum absolute atomic E-state index is 0.0515. The number of fused-ring (bicyclic) bond motifs is 1. The first-order valence-corrected chi connectivity index (χ1v) is 8.63. The van der Waals surface area contributed by atoms with Crippen LogP contribution in [0.4, 0.5) is 0 Å². The van der Waals surface area contributed by atoms with E-state index in [0.29, 0.717) is 12.1 Å². The van der Waals surface area contributed by atoms with Gasteiger partial charge in [0.1, 0.15) is 0 Å². The van der Waals surface area contributed by atoms with Crippen LogP contribution in [-0.4, -0.2) is 54.7 Å². The fraction of sp³-hybridized carbons (Fsp3) is 0.526. The molecule has 0 aliphatic carbocycles. The second-order valence-electron chi connectivity index (χ2n) is 6.76. The average molecular weight is 330 g/mol. The summed E-state index contributed by atoms with van der Waals surface area (Å²) < 4.78 is 10.7. The molecular weight excluding hydrogens is 304 g/mol. The molecule has 0 spiro atoms. The van der Waals surface area contributed by atoms with Gasteiger partial charge in [-0.15, -0.1) is 0 Å². The topological polar surface area (TPSA) is 42.0 Å². The predicted octanol–water partition coefficient (Wildman–Crippen LogP) is 2.76. The van der Waals surface area contributed by atoms with Crippen LogP contribution in [0.2, 0.25) is 0 Å². The Labute approximate surface area is 143 Å². The molecule has 0 radical (unpaired) electrons. The molecule has 2 aliphatic rings. The number of carbonyl (C=O) groups is 1. The number of hydrogen-bond donors (Lipinski definition) is 0. The lowest BCUT2D eigenvalue weighted by Gasteiger charge is -2.38. The summed E-state index contributed by atoms with van der Waals surface area (Å²) in [5.74, 6) is 1.54. The van der Waals surface area contributed by atoms with Crippen molar-refractivity contribution in [3.63, 3.8) is 0 Å². The van der Waals surface area contributed by atoms with Gasteiger partial charge in [-0.3, -0.25) is 4.79 Å².